The molecule has 1 amide bonds. The van der Waals surface area contributed by atoms with Crippen molar-refractivity contribution in [3.05, 3.63) is 0 Å². The maximum absolute atomic E-state index is 11.9. The smallest absolute Gasteiger partial charge is 0.251 e. The van der Waals surface area contributed by atoms with Crippen molar-refractivity contribution in [2.24, 2.45) is 16.3 Å². The van der Waals surface area contributed by atoms with Crippen molar-refractivity contribution in [1.82, 2.24) is 5.32 Å². The SMILES string of the molecule is CCC(C)(OC)C(=O)NCC(C)(C)C(N)=NO. The number of hydrogen-bond acceptors (Lipinski definition) is 4. The first-order valence-corrected chi connectivity index (χ1v) is 5.55. The van der Waals surface area contributed by atoms with Crippen LogP contribution in [0.2, 0.25) is 0 Å². The largest absolute Gasteiger partial charge is 0.409 e. The molecule has 0 bridgehead atoms. The molecule has 0 spiro atoms. The molecule has 6 nitrogen and oxygen atoms in total. The lowest BCUT2D eigenvalue weighted by atomic mass is 9.91. The summed E-state index contributed by atoms with van der Waals surface area (Å²) in [6.45, 7) is 7.42. The van der Waals surface area contributed by atoms with Crippen LogP contribution >= 0.6 is 0 Å². The Kier molecular flexibility index (Phi) is 5.41. The zero-order valence-electron chi connectivity index (χ0n) is 11.2. The monoisotopic (exact) mass is 245 g/mol. The summed E-state index contributed by atoms with van der Waals surface area (Å²) >= 11 is 0. The van der Waals surface area contributed by atoms with Gasteiger partial charge in [0.05, 0.1) is 0 Å². The molecule has 100 valence electrons. The Balaban J connectivity index is 4.54. The van der Waals surface area contributed by atoms with Crippen LogP contribution in [-0.4, -0.2) is 36.2 Å². The minimum atomic E-state index is -0.846. The molecule has 0 fully saturated rings. The number of methoxy groups -OCH3 is 1. The molecule has 4 N–H and O–H groups in total. The number of amidine groups is 1. The van der Waals surface area contributed by atoms with Crippen molar-refractivity contribution in [2.75, 3.05) is 13.7 Å². The number of oxime groups is 1. The van der Waals surface area contributed by atoms with Crippen molar-refractivity contribution in [1.29, 1.82) is 0 Å². The molecule has 0 radical (unpaired) electrons. The van der Waals surface area contributed by atoms with Crippen molar-refractivity contribution < 1.29 is 14.7 Å². The van der Waals surface area contributed by atoms with E-state index in [1.807, 2.05) is 6.92 Å². The fourth-order valence-corrected chi connectivity index (χ4v) is 1.11. The second-order valence-corrected chi connectivity index (χ2v) is 4.84. The van der Waals surface area contributed by atoms with Crippen LogP contribution in [0.3, 0.4) is 0 Å². The Hall–Kier alpha value is -1.30. The quantitative estimate of drug-likeness (QED) is 0.277. The number of nitrogens with two attached hydrogens (primary N) is 1. The molecule has 0 saturated heterocycles. The molecule has 0 aliphatic rings. The van der Waals surface area contributed by atoms with Gasteiger partial charge in [0.2, 0.25) is 0 Å². The topological polar surface area (TPSA) is 96.9 Å². The maximum atomic E-state index is 11.9. The van der Waals surface area contributed by atoms with Gasteiger partial charge in [0, 0.05) is 19.1 Å². The zero-order chi connectivity index (χ0) is 13.7. The molecule has 0 aromatic heterocycles. The molecule has 6 heteroatoms. The minimum Gasteiger partial charge on any atom is -0.409 e. The fraction of sp³-hybridized carbons (Fsp3) is 0.818. The third-order valence-electron chi connectivity index (χ3n) is 3.10. The molecule has 0 aromatic carbocycles. The van der Waals surface area contributed by atoms with E-state index in [1.165, 1.54) is 7.11 Å². The lowest BCUT2D eigenvalue weighted by Crippen LogP contribution is -2.50. The second kappa shape index (κ2) is 5.86. The highest BCUT2D eigenvalue weighted by molar-refractivity contribution is 5.88. The molecule has 17 heavy (non-hydrogen) atoms. The average molecular weight is 245 g/mol. The number of carbonyl (C=O) groups is 1. The molecule has 0 saturated carbocycles. The van der Waals surface area contributed by atoms with Gasteiger partial charge in [-0.15, -0.1) is 0 Å². The average Bonchev–Trinajstić information content (AvgIpc) is 2.33. The Morgan fingerprint density at radius 1 is 1.47 bits per heavy atom. The highest BCUT2D eigenvalue weighted by atomic mass is 16.5. The molecule has 1 unspecified atom stereocenters. The molecular weight excluding hydrogens is 222 g/mol. The molecule has 1 atom stereocenters. The summed E-state index contributed by atoms with van der Waals surface area (Å²) in [6.07, 6.45) is 0.569. The Bertz CT molecular complexity index is 296. The normalized spacial score (nSPS) is 16.4. The van der Waals surface area contributed by atoms with Crippen molar-refractivity contribution in [3.8, 4) is 0 Å². The first kappa shape index (κ1) is 15.7. The van der Waals surface area contributed by atoms with Crippen LogP contribution in [0.5, 0.6) is 0 Å². The lowest BCUT2D eigenvalue weighted by molar-refractivity contribution is -0.142. The zero-order valence-corrected chi connectivity index (χ0v) is 11.2. The predicted molar refractivity (Wildman–Crippen MR) is 65.9 cm³/mol. The Labute approximate surface area is 102 Å². The number of ether oxygens (including phenoxy) is 1. The van der Waals surface area contributed by atoms with Crippen molar-refractivity contribution in [3.63, 3.8) is 0 Å². The van der Waals surface area contributed by atoms with Gasteiger partial charge in [-0.2, -0.15) is 0 Å². The molecular formula is C11H23N3O3. The minimum absolute atomic E-state index is 0.0772. The van der Waals surface area contributed by atoms with Crippen LogP contribution in [0.25, 0.3) is 0 Å². The van der Waals surface area contributed by atoms with Gasteiger partial charge >= 0.3 is 0 Å². The molecule has 0 aromatic rings. The molecule has 0 aliphatic heterocycles. The summed E-state index contributed by atoms with van der Waals surface area (Å²) in [5, 5.41) is 14.3. The van der Waals surface area contributed by atoms with Crippen LogP contribution in [-0.2, 0) is 9.53 Å². The van der Waals surface area contributed by atoms with Gasteiger partial charge in [-0.25, -0.2) is 0 Å². The summed E-state index contributed by atoms with van der Waals surface area (Å²) in [6, 6.07) is 0. The third kappa shape index (κ3) is 3.89. The van der Waals surface area contributed by atoms with Gasteiger partial charge in [-0.3, -0.25) is 4.79 Å². The lowest BCUT2D eigenvalue weighted by Gasteiger charge is -2.29. The summed E-state index contributed by atoms with van der Waals surface area (Å²) in [4.78, 5) is 11.9. The number of rotatable bonds is 6. The van der Waals surface area contributed by atoms with E-state index in [4.69, 9.17) is 15.7 Å². The summed E-state index contributed by atoms with van der Waals surface area (Å²) in [5.41, 5.74) is 4.08. The van der Waals surface area contributed by atoms with E-state index in [1.54, 1.807) is 20.8 Å². The molecule has 0 rings (SSSR count). The summed E-state index contributed by atoms with van der Waals surface area (Å²) < 4.78 is 5.18. The Morgan fingerprint density at radius 2 is 2.00 bits per heavy atom. The molecule has 0 aliphatic carbocycles. The Morgan fingerprint density at radius 3 is 2.35 bits per heavy atom. The van der Waals surface area contributed by atoms with E-state index in [-0.39, 0.29) is 18.3 Å². The van der Waals surface area contributed by atoms with Crippen molar-refractivity contribution >= 4 is 11.7 Å². The predicted octanol–water partition coefficient (Wildman–Crippen LogP) is 0.690. The standard InChI is InChI=1S/C11H23N3O3/c1-6-11(4,17-5)9(15)13-7-10(2,3)8(12)14-16/h16H,6-7H2,1-5H3,(H2,12,14)(H,13,15). The van der Waals surface area contributed by atoms with Gasteiger partial charge in [-0.1, -0.05) is 25.9 Å². The van der Waals surface area contributed by atoms with Crippen LogP contribution in [0, 0.1) is 5.41 Å². The highest BCUT2D eigenvalue weighted by Gasteiger charge is 2.33. The highest BCUT2D eigenvalue weighted by Crippen LogP contribution is 2.17. The van der Waals surface area contributed by atoms with Gasteiger partial charge < -0.3 is 21.0 Å². The van der Waals surface area contributed by atoms with E-state index in [2.05, 4.69) is 10.5 Å². The first-order chi connectivity index (χ1) is 7.73. The number of carbonyl (C=O) groups excluding carboxylic acids is 1. The first-order valence-electron chi connectivity index (χ1n) is 5.55. The van der Waals surface area contributed by atoms with Crippen LogP contribution in [0.1, 0.15) is 34.1 Å². The van der Waals surface area contributed by atoms with Crippen LogP contribution in [0.15, 0.2) is 5.16 Å². The fourth-order valence-electron chi connectivity index (χ4n) is 1.11. The van der Waals surface area contributed by atoms with Gasteiger partial charge in [-0.05, 0) is 13.3 Å². The summed E-state index contributed by atoms with van der Waals surface area (Å²) in [5.74, 6) is -0.130. The van der Waals surface area contributed by atoms with Crippen LogP contribution < -0.4 is 11.1 Å². The number of hydrogen-bond donors (Lipinski definition) is 3. The van der Waals surface area contributed by atoms with E-state index >= 15 is 0 Å². The van der Waals surface area contributed by atoms with E-state index in [0.29, 0.717) is 6.42 Å². The van der Waals surface area contributed by atoms with Gasteiger partial charge in [0.25, 0.3) is 5.91 Å². The second-order valence-electron chi connectivity index (χ2n) is 4.84. The number of nitrogens with one attached hydrogen (secondary N) is 1. The van der Waals surface area contributed by atoms with E-state index in [9.17, 15) is 4.79 Å². The number of amides is 1. The third-order valence-corrected chi connectivity index (χ3v) is 3.10. The van der Waals surface area contributed by atoms with Crippen molar-refractivity contribution in [2.45, 2.75) is 39.7 Å². The van der Waals surface area contributed by atoms with Gasteiger partial charge in [0.15, 0.2) is 0 Å². The van der Waals surface area contributed by atoms with E-state index < -0.39 is 11.0 Å². The molecule has 0 heterocycles. The summed E-state index contributed by atoms with van der Waals surface area (Å²) in [7, 11) is 1.50. The number of nitrogens with zero attached hydrogens (tertiary/aromatic N) is 1. The van der Waals surface area contributed by atoms with E-state index in [0.717, 1.165) is 0 Å². The van der Waals surface area contributed by atoms with Gasteiger partial charge in [0.1, 0.15) is 11.4 Å². The maximum Gasteiger partial charge on any atom is 0.251 e. The van der Waals surface area contributed by atoms with Crippen LogP contribution in [0.4, 0.5) is 0 Å².